The third-order valence-electron chi connectivity index (χ3n) is 3.46. The number of carbonyl (C=O) groups is 2. The first kappa shape index (κ1) is 14.5. The zero-order chi connectivity index (χ0) is 14.5. The Morgan fingerprint density at radius 1 is 1.35 bits per heavy atom. The van der Waals surface area contributed by atoms with E-state index in [0.717, 1.165) is 12.8 Å². The highest BCUT2D eigenvalue weighted by Crippen LogP contribution is 2.33. The van der Waals surface area contributed by atoms with Crippen LogP contribution in [0.15, 0.2) is 30.3 Å². The third-order valence-corrected chi connectivity index (χ3v) is 3.46. The molecule has 5 heteroatoms. The van der Waals surface area contributed by atoms with E-state index in [1.807, 2.05) is 18.2 Å². The highest BCUT2D eigenvalue weighted by Gasteiger charge is 2.32. The van der Waals surface area contributed by atoms with Gasteiger partial charge in [0, 0.05) is 7.11 Å². The molecule has 20 heavy (non-hydrogen) atoms. The van der Waals surface area contributed by atoms with E-state index in [1.165, 1.54) is 7.11 Å². The first-order valence-corrected chi connectivity index (χ1v) is 6.72. The molecule has 2 atom stereocenters. The molecule has 1 amide bonds. The lowest BCUT2D eigenvalue weighted by molar-refractivity contribution is -0.144. The molecule has 0 unspecified atom stereocenters. The van der Waals surface area contributed by atoms with Crippen LogP contribution in [0, 0.1) is 5.92 Å². The molecular formula is C15H19NO4. The lowest BCUT2D eigenvalue weighted by Crippen LogP contribution is -2.43. The molecule has 0 aliphatic heterocycles. The number of methoxy groups -OCH3 is 1. The van der Waals surface area contributed by atoms with Gasteiger partial charge in [-0.3, -0.25) is 4.79 Å². The van der Waals surface area contributed by atoms with Gasteiger partial charge in [-0.1, -0.05) is 43.2 Å². The SMILES string of the molecule is CO[C@H](C(=O)N[C@@H](CC1CC1)C(=O)O)c1ccccc1. The fourth-order valence-corrected chi connectivity index (χ4v) is 2.18. The Labute approximate surface area is 117 Å². The number of carbonyl (C=O) groups excluding carboxylic acids is 1. The number of amides is 1. The van der Waals surface area contributed by atoms with Crippen molar-refractivity contribution in [2.75, 3.05) is 7.11 Å². The summed E-state index contributed by atoms with van der Waals surface area (Å²) in [6.45, 7) is 0. The number of ether oxygens (including phenoxy) is 1. The van der Waals surface area contributed by atoms with Crippen molar-refractivity contribution in [2.45, 2.75) is 31.4 Å². The smallest absolute Gasteiger partial charge is 0.326 e. The largest absolute Gasteiger partial charge is 0.480 e. The molecule has 1 aliphatic carbocycles. The maximum Gasteiger partial charge on any atom is 0.326 e. The molecule has 1 fully saturated rings. The van der Waals surface area contributed by atoms with E-state index in [9.17, 15) is 9.59 Å². The Morgan fingerprint density at radius 2 is 2.00 bits per heavy atom. The van der Waals surface area contributed by atoms with Crippen LogP contribution >= 0.6 is 0 Å². The van der Waals surface area contributed by atoms with Crippen molar-refractivity contribution < 1.29 is 19.4 Å². The normalized spacial score (nSPS) is 17.2. The van der Waals surface area contributed by atoms with Gasteiger partial charge in [-0.15, -0.1) is 0 Å². The van der Waals surface area contributed by atoms with Crippen LogP contribution in [0.4, 0.5) is 0 Å². The Balaban J connectivity index is 2.02. The van der Waals surface area contributed by atoms with Gasteiger partial charge in [-0.25, -0.2) is 4.79 Å². The van der Waals surface area contributed by atoms with Crippen molar-refractivity contribution in [1.29, 1.82) is 0 Å². The molecule has 0 radical (unpaired) electrons. The monoisotopic (exact) mass is 277 g/mol. The Kier molecular flexibility index (Phi) is 4.74. The van der Waals surface area contributed by atoms with Crippen molar-refractivity contribution in [2.24, 2.45) is 5.92 Å². The Bertz CT molecular complexity index is 470. The second kappa shape index (κ2) is 6.52. The number of benzene rings is 1. The lowest BCUT2D eigenvalue weighted by Gasteiger charge is -2.19. The van der Waals surface area contributed by atoms with E-state index in [-0.39, 0.29) is 0 Å². The van der Waals surface area contributed by atoms with Gasteiger partial charge in [-0.05, 0) is 17.9 Å². The van der Waals surface area contributed by atoms with E-state index in [2.05, 4.69) is 5.32 Å². The van der Waals surface area contributed by atoms with E-state index in [1.54, 1.807) is 12.1 Å². The second-order valence-electron chi connectivity index (χ2n) is 5.10. The molecule has 1 aromatic rings. The van der Waals surface area contributed by atoms with Crippen LogP contribution in [0.25, 0.3) is 0 Å². The molecule has 1 aliphatic rings. The van der Waals surface area contributed by atoms with Crippen molar-refractivity contribution in [3.8, 4) is 0 Å². The molecular weight excluding hydrogens is 258 g/mol. The number of nitrogens with one attached hydrogen (secondary N) is 1. The van der Waals surface area contributed by atoms with E-state index in [0.29, 0.717) is 17.9 Å². The van der Waals surface area contributed by atoms with Crippen LogP contribution in [0.5, 0.6) is 0 Å². The Morgan fingerprint density at radius 3 is 2.50 bits per heavy atom. The maximum absolute atomic E-state index is 12.2. The summed E-state index contributed by atoms with van der Waals surface area (Å²) in [5, 5.41) is 11.7. The minimum absolute atomic E-state index is 0.410. The molecule has 0 aromatic heterocycles. The van der Waals surface area contributed by atoms with Gasteiger partial charge in [0.25, 0.3) is 5.91 Å². The maximum atomic E-state index is 12.2. The number of carboxylic acid groups (broad SMARTS) is 1. The molecule has 1 saturated carbocycles. The molecule has 2 N–H and O–H groups in total. The van der Waals surface area contributed by atoms with Crippen LogP contribution in [-0.4, -0.2) is 30.1 Å². The zero-order valence-electron chi connectivity index (χ0n) is 11.4. The summed E-state index contributed by atoms with van der Waals surface area (Å²) in [5.41, 5.74) is 0.711. The summed E-state index contributed by atoms with van der Waals surface area (Å²) in [7, 11) is 1.44. The molecule has 5 nitrogen and oxygen atoms in total. The number of hydrogen-bond acceptors (Lipinski definition) is 3. The van der Waals surface area contributed by atoms with Crippen molar-refractivity contribution in [3.63, 3.8) is 0 Å². The highest BCUT2D eigenvalue weighted by molar-refractivity contribution is 5.87. The Hall–Kier alpha value is -1.88. The van der Waals surface area contributed by atoms with Gasteiger partial charge < -0.3 is 15.2 Å². The van der Waals surface area contributed by atoms with Crippen molar-refractivity contribution in [1.82, 2.24) is 5.32 Å². The summed E-state index contributed by atoms with van der Waals surface area (Å²) in [6.07, 6.45) is 1.81. The average Bonchev–Trinajstić information content (AvgIpc) is 3.24. The minimum atomic E-state index is -0.992. The number of hydrogen-bond donors (Lipinski definition) is 2. The van der Waals surface area contributed by atoms with E-state index < -0.39 is 24.0 Å². The van der Waals surface area contributed by atoms with Crippen LogP contribution in [0.1, 0.15) is 30.9 Å². The highest BCUT2D eigenvalue weighted by atomic mass is 16.5. The van der Waals surface area contributed by atoms with Gasteiger partial charge in [0.1, 0.15) is 6.04 Å². The topological polar surface area (TPSA) is 75.6 Å². The van der Waals surface area contributed by atoms with Gasteiger partial charge in [0.05, 0.1) is 0 Å². The summed E-state index contributed by atoms with van der Waals surface area (Å²) in [4.78, 5) is 23.4. The first-order valence-electron chi connectivity index (χ1n) is 6.72. The molecule has 0 bridgehead atoms. The molecule has 0 saturated heterocycles. The van der Waals surface area contributed by atoms with Crippen molar-refractivity contribution >= 4 is 11.9 Å². The van der Waals surface area contributed by atoms with Crippen LogP contribution in [0.2, 0.25) is 0 Å². The molecule has 0 heterocycles. The van der Waals surface area contributed by atoms with Crippen LogP contribution in [-0.2, 0) is 14.3 Å². The third kappa shape index (κ3) is 3.81. The van der Waals surface area contributed by atoms with Gasteiger partial charge in [0.2, 0.25) is 0 Å². The number of carboxylic acids is 1. The summed E-state index contributed by atoms with van der Waals surface area (Å²) in [5.74, 6) is -0.978. The van der Waals surface area contributed by atoms with E-state index >= 15 is 0 Å². The minimum Gasteiger partial charge on any atom is -0.480 e. The van der Waals surface area contributed by atoms with Crippen LogP contribution in [0.3, 0.4) is 0 Å². The molecule has 1 aromatic carbocycles. The van der Waals surface area contributed by atoms with Crippen LogP contribution < -0.4 is 5.32 Å². The van der Waals surface area contributed by atoms with Gasteiger partial charge >= 0.3 is 5.97 Å². The molecule has 108 valence electrons. The fourth-order valence-electron chi connectivity index (χ4n) is 2.18. The average molecular weight is 277 g/mol. The second-order valence-corrected chi connectivity index (χ2v) is 5.10. The summed E-state index contributed by atoms with van der Waals surface area (Å²) in [6, 6.07) is 8.20. The lowest BCUT2D eigenvalue weighted by atomic mass is 10.1. The predicted octanol–water partition coefficient (Wildman–Crippen LogP) is 1.74. The van der Waals surface area contributed by atoms with Gasteiger partial charge in [-0.2, -0.15) is 0 Å². The number of aliphatic carboxylic acids is 1. The number of rotatable bonds is 7. The fraction of sp³-hybridized carbons (Fsp3) is 0.467. The van der Waals surface area contributed by atoms with Crippen molar-refractivity contribution in [3.05, 3.63) is 35.9 Å². The molecule has 0 spiro atoms. The first-order chi connectivity index (χ1) is 9.61. The molecule has 2 rings (SSSR count). The standard InChI is InChI=1S/C15H19NO4/c1-20-13(11-5-3-2-4-6-11)14(17)16-12(15(18)19)9-10-7-8-10/h2-6,10,12-13H,7-9H2,1H3,(H,16,17)(H,18,19)/t12-,13-/m0/s1. The summed E-state index contributed by atoms with van der Waals surface area (Å²) >= 11 is 0. The van der Waals surface area contributed by atoms with Gasteiger partial charge in [0.15, 0.2) is 6.10 Å². The predicted molar refractivity (Wildman–Crippen MR) is 73.1 cm³/mol. The quantitative estimate of drug-likeness (QED) is 0.796. The van der Waals surface area contributed by atoms with E-state index in [4.69, 9.17) is 9.84 Å². The zero-order valence-corrected chi connectivity index (χ0v) is 11.4. The summed E-state index contributed by atoms with van der Waals surface area (Å²) < 4.78 is 5.19.